The minimum absolute atomic E-state index is 0.773. The van der Waals surface area contributed by atoms with Gasteiger partial charge in [0.05, 0.1) is 5.01 Å². The largest absolute Gasteiger partial charge is 0.389 e. The SMILES string of the molecule is CCc1nc(-c2cccnc2)c(N)s1. The maximum atomic E-state index is 5.88. The van der Waals surface area contributed by atoms with Crippen LogP contribution in [0, 0.1) is 0 Å². The van der Waals surface area contributed by atoms with Gasteiger partial charge in [0.25, 0.3) is 0 Å². The molecule has 0 spiro atoms. The number of aromatic nitrogens is 2. The lowest BCUT2D eigenvalue weighted by Crippen LogP contribution is -1.86. The highest BCUT2D eigenvalue weighted by molar-refractivity contribution is 7.16. The molecule has 2 aromatic heterocycles. The van der Waals surface area contributed by atoms with E-state index in [4.69, 9.17) is 5.73 Å². The predicted molar refractivity (Wildman–Crippen MR) is 59.1 cm³/mol. The monoisotopic (exact) mass is 205 g/mol. The van der Waals surface area contributed by atoms with Crippen molar-refractivity contribution in [1.82, 2.24) is 9.97 Å². The number of hydrogen-bond donors (Lipinski definition) is 1. The first-order valence-corrected chi connectivity index (χ1v) is 5.28. The Hall–Kier alpha value is -1.42. The second kappa shape index (κ2) is 3.75. The van der Waals surface area contributed by atoms with Crippen LogP contribution in [0.2, 0.25) is 0 Å². The first-order valence-electron chi connectivity index (χ1n) is 4.47. The molecule has 0 atom stereocenters. The average molecular weight is 205 g/mol. The molecule has 0 amide bonds. The molecule has 3 nitrogen and oxygen atoms in total. The zero-order valence-electron chi connectivity index (χ0n) is 7.90. The van der Waals surface area contributed by atoms with E-state index < -0.39 is 0 Å². The van der Waals surface area contributed by atoms with Crippen LogP contribution < -0.4 is 5.73 Å². The maximum absolute atomic E-state index is 5.88. The van der Waals surface area contributed by atoms with E-state index in [1.807, 2.05) is 12.1 Å². The van der Waals surface area contributed by atoms with Gasteiger partial charge < -0.3 is 5.73 Å². The number of hydrogen-bond acceptors (Lipinski definition) is 4. The summed E-state index contributed by atoms with van der Waals surface area (Å²) < 4.78 is 0. The van der Waals surface area contributed by atoms with Gasteiger partial charge in [-0.1, -0.05) is 6.92 Å². The van der Waals surface area contributed by atoms with Gasteiger partial charge in [-0.25, -0.2) is 4.98 Å². The van der Waals surface area contributed by atoms with Crippen molar-refractivity contribution in [3.8, 4) is 11.3 Å². The predicted octanol–water partition coefficient (Wildman–Crippen LogP) is 2.35. The molecule has 0 saturated carbocycles. The van der Waals surface area contributed by atoms with Crippen LogP contribution in [0.5, 0.6) is 0 Å². The molecule has 2 heterocycles. The number of aryl methyl sites for hydroxylation is 1. The number of nitrogens with two attached hydrogens (primary N) is 1. The summed E-state index contributed by atoms with van der Waals surface area (Å²) in [6.07, 6.45) is 4.45. The molecule has 2 N–H and O–H groups in total. The zero-order chi connectivity index (χ0) is 9.97. The van der Waals surface area contributed by atoms with Crippen LogP contribution >= 0.6 is 11.3 Å². The Morgan fingerprint density at radius 2 is 2.36 bits per heavy atom. The zero-order valence-corrected chi connectivity index (χ0v) is 8.71. The first-order chi connectivity index (χ1) is 6.81. The van der Waals surface area contributed by atoms with E-state index in [0.29, 0.717) is 0 Å². The van der Waals surface area contributed by atoms with E-state index in [0.717, 1.165) is 27.7 Å². The number of thiazole rings is 1. The quantitative estimate of drug-likeness (QED) is 0.818. The topological polar surface area (TPSA) is 51.8 Å². The molecule has 14 heavy (non-hydrogen) atoms. The summed E-state index contributed by atoms with van der Waals surface area (Å²) in [5.74, 6) is 0. The minimum Gasteiger partial charge on any atom is -0.389 e. The third-order valence-electron chi connectivity index (χ3n) is 1.94. The van der Waals surface area contributed by atoms with Crippen molar-refractivity contribution in [3.05, 3.63) is 29.5 Å². The van der Waals surface area contributed by atoms with E-state index in [1.54, 1.807) is 23.7 Å². The van der Waals surface area contributed by atoms with Crippen LogP contribution in [0.4, 0.5) is 5.00 Å². The van der Waals surface area contributed by atoms with Crippen molar-refractivity contribution in [2.45, 2.75) is 13.3 Å². The Bertz CT molecular complexity index is 422. The average Bonchev–Trinajstić information content (AvgIpc) is 2.61. The highest BCUT2D eigenvalue weighted by atomic mass is 32.1. The maximum Gasteiger partial charge on any atom is 0.114 e. The number of rotatable bonds is 2. The lowest BCUT2D eigenvalue weighted by Gasteiger charge is -1.95. The molecule has 0 aliphatic rings. The fourth-order valence-electron chi connectivity index (χ4n) is 1.24. The molecule has 0 saturated heterocycles. The van der Waals surface area contributed by atoms with Crippen molar-refractivity contribution >= 4 is 16.3 Å². The molecule has 72 valence electrons. The van der Waals surface area contributed by atoms with Gasteiger partial charge in [0.15, 0.2) is 0 Å². The summed E-state index contributed by atoms with van der Waals surface area (Å²) in [7, 11) is 0. The normalized spacial score (nSPS) is 10.4. The summed E-state index contributed by atoms with van der Waals surface area (Å²) in [5, 5.41) is 1.84. The molecular formula is C10H11N3S. The van der Waals surface area contributed by atoms with E-state index in [1.165, 1.54) is 0 Å². The van der Waals surface area contributed by atoms with Crippen LogP contribution in [-0.2, 0) is 6.42 Å². The van der Waals surface area contributed by atoms with Gasteiger partial charge in [0.2, 0.25) is 0 Å². The van der Waals surface area contributed by atoms with E-state index >= 15 is 0 Å². The van der Waals surface area contributed by atoms with Gasteiger partial charge >= 0.3 is 0 Å². The Morgan fingerprint density at radius 1 is 1.50 bits per heavy atom. The molecule has 2 rings (SSSR count). The third-order valence-corrected chi connectivity index (χ3v) is 2.96. The fourth-order valence-corrected chi connectivity index (χ4v) is 2.03. The van der Waals surface area contributed by atoms with Gasteiger partial charge in [-0.05, 0) is 18.6 Å². The first kappa shape index (κ1) is 9.15. The summed E-state index contributed by atoms with van der Waals surface area (Å²) in [6, 6.07) is 3.86. The molecule has 0 aliphatic carbocycles. The van der Waals surface area contributed by atoms with Gasteiger partial charge in [-0.15, -0.1) is 11.3 Å². The molecule has 0 aromatic carbocycles. The fraction of sp³-hybridized carbons (Fsp3) is 0.200. The lowest BCUT2D eigenvalue weighted by molar-refractivity contribution is 1.10. The third kappa shape index (κ3) is 1.61. The summed E-state index contributed by atoms with van der Waals surface area (Å²) >= 11 is 1.55. The van der Waals surface area contributed by atoms with Crippen LogP contribution in [-0.4, -0.2) is 9.97 Å². The smallest absolute Gasteiger partial charge is 0.114 e. The molecule has 2 aromatic rings. The molecule has 0 fully saturated rings. The van der Waals surface area contributed by atoms with Crippen molar-refractivity contribution in [2.24, 2.45) is 0 Å². The molecule has 0 unspecified atom stereocenters. The standard InChI is InChI=1S/C10H11N3S/c1-2-8-13-9(10(11)14-8)7-4-3-5-12-6-7/h3-6H,2,11H2,1H3. The molecule has 0 bridgehead atoms. The number of anilines is 1. The minimum atomic E-state index is 0.773. The van der Waals surface area contributed by atoms with Crippen LogP contribution in [0.15, 0.2) is 24.5 Å². The molecule has 0 aliphatic heterocycles. The van der Waals surface area contributed by atoms with E-state index in [9.17, 15) is 0 Å². The van der Waals surface area contributed by atoms with Crippen LogP contribution in [0.25, 0.3) is 11.3 Å². The highest BCUT2D eigenvalue weighted by Gasteiger charge is 2.08. The van der Waals surface area contributed by atoms with E-state index in [2.05, 4.69) is 16.9 Å². The molecular weight excluding hydrogens is 194 g/mol. The van der Waals surface area contributed by atoms with Crippen molar-refractivity contribution < 1.29 is 0 Å². The number of pyridine rings is 1. The van der Waals surface area contributed by atoms with Crippen molar-refractivity contribution in [3.63, 3.8) is 0 Å². The van der Waals surface area contributed by atoms with Crippen LogP contribution in [0.3, 0.4) is 0 Å². The second-order valence-corrected chi connectivity index (χ2v) is 4.03. The van der Waals surface area contributed by atoms with Crippen LogP contribution in [0.1, 0.15) is 11.9 Å². The Morgan fingerprint density at radius 3 is 2.93 bits per heavy atom. The van der Waals surface area contributed by atoms with Gasteiger partial charge in [0.1, 0.15) is 10.7 Å². The Labute approximate surface area is 86.6 Å². The number of nitrogens with zero attached hydrogens (tertiary/aromatic N) is 2. The summed E-state index contributed by atoms with van der Waals surface area (Å²) in [5.41, 5.74) is 7.73. The van der Waals surface area contributed by atoms with E-state index in [-0.39, 0.29) is 0 Å². The Balaban J connectivity index is 2.46. The number of nitrogen functional groups attached to an aromatic ring is 1. The van der Waals surface area contributed by atoms with Gasteiger partial charge in [-0.3, -0.25) is 4.98 Å². The summed E-state index contributed by atoms with van der Waals surface area (Å²) in [4.78, 5) is 8.50. The second-order valence-electron chi connectivity index (χ2n) is 2.92. The molecule has 0 radical (unpaired) electrons. The van der Waals surface area contributed by atoms with Gasteiger partial charge in [0, 0.05) is 18.0 Å². The van der Waals surface area contributed by atoms with Crippen molar-refractivity contribution in [1.29, 1.82) is 0 Å². The summed E-state index contributed by atoms with van der Waals surface area (Å²) in [6.45, 7) is 2.07. The lowest BCUT2D eigenvalue weighted by atomic mass is 10.2. The Kier molecular flexibility index (Phi) is 2.45. The van der Waals surface area contributed by atoms with Gasteiger partial charge in [-0.2, -0.15) is 0 Å². The highest BCUT2D eigenvalue weighted by Crippen LogP contribution is 2.29. The van der Waals surface area contributed by atoms with Crippen molar-refractivity contribution in [2.75, 3.05) is 5.73 Å². The molecule has 4 heteroatoms.